The Labute approximate surface area is 76.4 Å². The van der Waals surface area contributed by atoms with Crippen molar-refractivity contribution < 1.29 is 15.0 Å². The second-order valence-electron chi connectivity index (χ2n) is 3.73. The molecule has 3 aliphatic carbocycles. The molecule has 0 aromatic rings. The summed E-state index contributed by atoms with van der Waals surface area (Å²) in [6, 6.07) is 0. The minimum atomic E-state index is -0.771. The fraction of sp³-hybridized carbons (Fsp3) is 0.500. The number of carbonyl (C=O) groups is 1. The molecular weight excluding hydrogens is 168 g/mol. The zero-order chi connectivity index (χ0) is 9.64. The summed E-state index contributed by atoms with van der Waals surface area (Å²) < 4.78 is 0. The van der Waals surface area contributed by atoms with Crippen LogP contribution in [0.1, 0.15) is 19.8 Å². The maximum Gasteiger partial charge on any atom is 0.314 e. The van der Waals surface area contributed by atoms with E-state index in [4.69, 9.17) is 5.11 Å². The van der Waals surface area contributed by atoms with Crippen LogP contribution < -0.4 is 0 Å². The minimum Gasteiger partial charge on any atom is -0.508 e. The zero-order valence-corrected chi connectivity index (χ0v) is 7.45. The highest BCUT2D eigenvalue weighted by Crippen LogP contribution is 2.57. The molecule has 70 valence electrons. The molecule has 0 saturated heterocycles. The first-order valence-electron chi connectivity index (χ1n) is 4.46. The molecule has 3 heteroatoms. The quantitative estimate of drug-likeness (QED) is 0.682. The van der Waals surface area contributed by atoms with Gasteiger partial charge in [-0.05, 0) is 24.5 Å². The van der Waals surface area contributed by atoms with Gasteiger partial charge in [-0.2, -0.15) is 0 Å². The summed E-state index contributed by atoms with van der Waals surface area (Å²) in [4.78, 5) is 11.0. The van der Waals surface area contributed by atoms with Crippen LogP contribution in [0.5, 0.6) is 0 Å². The van der Waals surface area contributed by atoms with Crippen molar-refractivity contribution >= 4 is 5.97 Å². The number of aliphatic hydroxyl groups excluding tert-OH is 1. The predicted octanol–water partition coefficient (Wildman–Crippen LogP) is 1.87. The fourth-order valence-electron chi connectivity index (χ4n) is 2.43. The van der Waals surface area contributed by atoms with Gasteiger partial charge in [0.2, 0.25) is 0 Å². The molecule has 3 rings (SSSR count). The van der Waals surface area contributed by atoms with Crippen LogP contribution in [0.4, 0.5) is 0 Å². The first-order chi connectivity index (χ1) is 6.12. The van der Waals surface area contributed by atoms with Gasteiger partial charge in [0.15, 0.2) is 0 Å². The molecule has 1 saturated carbocycles. The van der Waals surface area contributed by atoms with Crippen LogP contribution in [0, 0.1) is 11.3 Å². The highest BCUT2D eigenvalue weighted by atomic mass is 16.4. The summed E-state index contributed by atoms with van der Waals surface area (Å²) in [5.74, 6) is -0.489. The van der Waals surface area contributed by atoms with E-state index in [2.05, 4.69) is 0 Å². The third-order valence-corrected chi connectivity index (χ3v) is 3.20. The van der Waals surface area contributed by atoms with E-state index >= 15 is 0 Å². The first kappa shape index (κ1) is 8.35. The van der Waals surface area contributed by atoms with Crippen LogP contribution in [-0.2, 0) is 4.79 Å². The van der Waals surface area contributed by atoms with E-state index in [1.807, 2.05) is 6.92 Å². The summed E-state index contributed by atoms with van der Waals surface area (Å²) in [6.07, 6.45) is 4.41. The van der Waals surface area contributed by atoms with Gasteiger partial charge >= 0.3 is 5.97 Å². The minimum absolute atomic E-state index is 0.00926. The molecule has 2 unspecified atom stereocenters. The van der Waals surface area contributed by atoms with Crippen molar-refractivity contribution in [3.63, 3.8) is 0 Å². The van der Waals surface area contributed by atoms with Crippen molar-refractivity contribution in [2.45, 2.75) is 19.8 Å². The molecule has 0 amide bonds. The van der Waals surface area contributed by atoms with E-state index in [1.54, 1.807) is 6.08 Å². The highest BCUT2D eigenvalue weighted by molar-refractivity contribution is 5.82. The largest absolute Gasteiger partial charge is 0.508 e. The lowest BCUT2D eigenvalue weighted by Gasteiger charge is -2.48. The number of aliphatic hydroxyl groups is 1. The van der Waals surface area contributed by atoms with Crippen molar-refractivity contribution in [3.8, 4) is 0 Å². The van der Waals surface area contributed by atoms with Gasteiger partial charge in [0.25, 0.3) is 0 Å². The fourth-order valence-corrected chi connectivity index (χ4v) is 2.43. The normalized spacial score (nSPS) is 35.9. The van der Waals surface area contributed by atoms with Crippen LogP contribution in [0.3, 0.4) is 0 Å². The van der Waals surface area contributed by atoms with Crippen molar-refractivity contribution in [3.05, 3.63) is 23.5 Å². The number of carboxylic acids is 1. The molecule has 0 spiro atoms. The predicted molar refractivity (Wildman–Crippen MR) is 47.3 cm³/mol. The summed E-state index contributed by atoms with van der Waals surface area (Å²) in [5.41, 5.74) is 0.198. The van der Waals surface area contributed by atoms with Gasteiger partial charge in [0.05, 0.1) is 5.41 Å². The number of rotatable bonds is 2. The summed E-state index contributed by atoms with van der Waals surface area (Å²) >= 11 is 0. The molecule has 2 N–H and O–H groups in total. The number of hydrogen-bond acceptors (Lipinski definition) is 2. The maximum atomic E-state index is 11.0. The first-order valence-corrected chi connectivity index (χ1v) is 4.46. The monoisotopic (exact) mass is 180 g/mol. The molecule has 2 bridgehead atoms. The molecule has 0 aromatic carbocycles. The maximum absolute atomic E-state index is 11.0. The van der Waals surface area contributed by atoms with Crippen molar-refractivity contribution in [2.75, 3.05) is 0 Å². The summed E-state index contributed by atoms with van der Waals surface area (Å²) in [5, 5.41) is 18.5. The lowest BCUT2D eigenvalue weighted by molar-refractivity contribution is -0.152. The van der Waals surface area contributed by atoms with Crippen LogP contribution in [0.15, 0.2) is 23.5 Å². The Morgan fingerprint density at radius 3 is 2.92 bits per heavy atom. The van der Waals surface area contributed by atoms with E-state index in [9.17, 15) is 9.90 Å². The van der Waals surface area contributed by atoms with E-state index in [0.29, 0.717) is 6.42 Å². The molecule has 0 aromatic heterocycles. The van der Waals surface area contributed by atoms with Crippen LogP contribution in [0.25, 0.3) is 0 Å². The Balaban J connectivity index is 2.39. The van der Waals surface area contributed by atoms with Crippen molar-refractivity contribution in [1.82, 2.24) is 0 Å². The molecule has 2 atom stereocenters. The SMILES string of the molecule is CCC1C2=C(O)C=CC1(C(=O)O)C2. The van der Waals surface area contributed by atoms with E-state index in [-0.39, 0.29) is 11.7 Å². The van der Waals surface area contributed by atoms with E-state index in [1.165, 1.54) is 6.08 Å². The van der Waals surface area contributed by atoms with Gasteiger partial charge in [-0.1, -0.05) is 13.0 Å². The Morgan fingerprint density at radius 1 is 1.77 bits per heavy atom. The molecule has 3 aliphatic rings. The van der Waals surface area contributed by atoms with Crippen LogP contribution >= 0.6 is 0 Å². The highest BCUT2D eigenvalue weighted by Gasteiger charge is 2.56. The number of aliphatic carboxylic acids is 1. The van der Waals surface area contributed by atoms with E-state index < -0.39 is 11.4 Å². The van der Waals surface area contributed by atoms with E-state index in [0.717, 1.165) is 12.0 Å². The Bertz CT molecular complexity index is 327. The Kier molecular flexibility index (Phi) is 1.53. The molecule has 3 nitrogen and oxygen atoms in total. The topological polar surface area (TPSA) is 57.5 Å². The lowest BCUT2D eigenvalue weighted by atomic mass is 9.53. The van der Waals surface area contributed by atoms with Crippen molar-refractivity contribution in [2.24, 2.45) is 11.3 Å². The molecule has 0 aliphatic heterocycles. The second-order valence-corrected chi connectivity index (χ2v) is 3.73. The molecule has 0 radical (unpaired) electrons. The standard InChI is InChI=1S/C10H12O3/c1-2-7-6-5-10(7,9(12)13)4-3-8(6)11/h3-4,7,11H,2,5H2,1H3,(H,12,13). The smallest absolute Gasteiger partial charge is 0.314 e. The van der Waals surface area contributed by atoms with Gasteiger partial charge < -0.3 is 10.2 Å². The number of carboxylic acid groups (broad SMARTS) is 1. The number of hydrogen-bond donors (Lipinski definition) is 2. The second kappa shape index (κ2) is 2.37. The molecule has 1 fully saturated rings. The number of fused-ring (bicyclic) bond motifs is 1. The average Bonchev–Trinajstić information content (AvgIpc) is 2.04. The van der Waals surface area contributed by atoms with Crippen LogP contribution in [0.2, 0.25) is 0 Å². The number of allylic oxidation sites excluding steroid dienone is 2. The summed E-state index contributed by atoms with van der Waals surface area (Å²) in [6.45, 7) is 1.95. The summed E-state index contributed by atoms with van der Waals surface area (Å²) in [7, 11) is 0. The van der Waals surface area contributed by atoms with Crippen LogP contribution in [-0.4, -0.2) is 16.2 Å². The average molecular weight is 180 g/mol. The van der Waals surface area contributed by atoms with Gasteiger partial charge in [-0.15, -0.1) is 0 Å². The van der Waals surface area contributed by atoms with Crippen molar-refractivity contribution in [1.29, 1.82) is 0 Å². The van der Waals surface area contributed by atoms with Gasteiger partial charge in [-0.3, -0.25) is 4.79 Å². The third-order valence-electron chi connectivity index (χ3n) is 3.20. The lowest BCUT2D eigenvalue weighted by Crippen LogP contribution is -2.49. The Morgan fingerprint density at radius 2 is 2.46 bits per heavy atom. The zero-order valence-electron chi connectivity index (χ0n) is 7.45. The molecular formula is C10H12O3. The van der Waals surface area contributed by atoms with Gasteiger partial charge in [-0.25, -0.2) is 0 Å². The van der Waals surface area contributed by atoms with Gasteiger partial charge in [0.1, 0.15) is 5.76 Å². The molecule has 13 heavy (non-hydrogen) atoms. The Hall–Kier alpha value is -1.25. The molecule has 0 heterocycles. The third kappa shape index (κ3) is 0.816. The van der Waals surface area contributed by atoms with Gasteiger partial charge in [0, 0.05) is 5.92 Å².